The molecule has 2 amide bonds. The number of benzene rings is 2. The van der Waals surface area contributed by atoms with Gasteiger partial charge in [0.1, 0.15) is 11.8 Å². The van der Waals surface area contributed by atoms with Gasteiger partial charge in [-0.05, 0) is 35.7 Å². The van der Waals surface area contributed by atoms with E-state index >= 15 is 0 Å². The second-order valence-corrected chi connectivity index (χ2v) is 8.07. The molecule has 0 unspecified atom stereocenters. The van der Waals surface area contributed by atoms with Gasteiger partial charge in [-0.2, -0.15) is 0 Å². The summed E-state index contributed by atoms with van der Waals surface area (Å²) in [6.07, 6.45) is -0.0321. The van der Waals surface area contributed by atoms with Gasteiger partial charge in [-0.1, -0.05) is 35.9 Å². The summed E-state index contributed by atoms with van der Waals surface area (Å²) in [7, 11) is 1.37. The number of alkyl halides is 2. The van der Waals surface area contributed by atoms with Crippen LogP contribution in [-0.4, -0.2) is 53.8 Å². The number of nitrogens with zero attached hydrogens (tertiary/aromatic N) is 2. The molecule has 1 fully saturated rings. The van der Waals surface area contributed by atoms with Crippen LogP contribution in [0.3, 0.4) is 0 Å². The van der Waals surface area contributed by atoms with Gasteiger partial charge in [0, 0.05) is 24.5 Å². The summed E-state index contributed by atoms with van der Waals surface area (Å²) >= 11 is 5.94. The Balaban J connectivity index is 1.60. The van der Waals surface area contributed by atoms with Crippen LogP contribution in [0.15, 0.2) is 42.5 Å². The van der Waals surface area contributed by atoms with Gasteiger partial charge in [0.05, 0.1) is 19.2 Å². The minimum atomic E-state index is -3.14. The maximum atomic E-state index is 14.3. The van der Waals surface area contributed by atoms with E-state index in [1.165, 1.54) is 25.3 Å². The van der Waals surface area contributed by atoms with Crippen LogP contribution in [0.1, 0.15) is 27.9 Å². The predicted octanol–water partition coefficient (Wildman–Crippen LogP) is 3.78. The van der Waals surface area contributed by atoms with Crippen LogP contribution < -0.4 is 4.74 Å². The normalized spacial score (nSPS) is 20.1. The van der Waals surface area contributed by atoms with Crippen molar-refractivity contribution in [3.63, 3.8) is 0 Å². The number of halogens is 3. The van der Waals surface area contributed by atoms with Crippen molar-refractivity contribution in [2.75, 3.05) is 20.2 Å². The SMILES string of the molecule is COc1cc(Cl)ccc1C(=O)N1CC(F)(F)C[C@H]1C(=O)N1CCc2ccccc2C1. The first-order valence-corrected chi connectivity index (χ1v) is 10.0. The van der Waals surface area contributed by atoms with Crippen LogP contribution in [0.4, 0.5) is 8.78 Å². The number of ether oxygens (including phenoxy) is 1. The summed E-state index contributed by atoms with van der Waals surface area (Å²) in [5, 5.41) is 0.356. The van der Waals surface area contributed by atoms with Crippen molar-refractivity contribution in [3.8, 4) is 5.75 Å². The number of methoxy groups -OCH3 is 1. The fraction of sp³-hybridized carbons (Fsp3) is 0.364. The van der Waals surface area contributed by atoms with Gasteiger partial charge >= 0.3 is 0 Å². The Morgan fingerprint density at radius 2 is 1.90 bits per heavy atom. The smallest absolute Gasteiger partial charge is 0.267 e. The standard InChI is InChI=1S/C22H21ClF2N2O3/c1-30-19-10-16(23)6-7-17(19)20(28)27-13-22(24,25)11-18(27)21(29)26-9-8-14-4-2-3-5-15(14)12-26/h2-7,10,18H,8-9,11-13H2,1H3/t18-/m0/s1. The molecule has 0 saturated carbocycles. The molecule has 30 heavy (non-hydrogen) atoms. The predicted molar refractivity (Wildman–Crippen MR) is 108 cm³/mol. The molecular formula is C22H21ClF2N2O3. The molecule has 0 spiro atoms. The van der Waals surface area contributed by atoms with Gasteiger partial charge in [0.25, 0.3) is 11.8 Å². The maximum absolute atomic E-state index is 14.3. The van der Waals surface area contributed by atoms with E-state index in [4.69, 9.17) is 16.3 Å². The molecule has 0 aromatic heterocycles. The van der Waals surface area contributed by atoms with Crippen LogP contribution in [0.5, 0.6) is 5.75 Å². The lowest BCUT2D eigenvalue weighted by molar-refractivity contribution is -0.136. The van der Waals surface area contributed by atoms with Crippen molar-refractivity contribution in [1.29, 1.82) is 0 Å². The van der Waals surface area contributed by atoms with E-state index < -0.39 is 36.7 Å². The number of likely N-dealkylation sites (tertiary alicyclic amines) is 1. The van der Waals surface area contributed by atoms with Crippen molar-refractivity contribution >= 4 is 23.4 Å². The fourth-order valence-electron chi connectivity index (χ4n) is 4.14. The van der Waals surface area contributed by atoms with E-state index in [9.17, 15) is 18.4 Å². The topological polar surface area (TPSA) is 49.9 Å². The molecule has 8 heteroatoms. The minimum absolute atomic E-state index is 0.0985. The van der Waals surface area contributed by atoms with Crippen LogP contribution in [0.25, 0.3) is 0 Å². The summed E-state index contributed by atoms with van der Waals surface area (Å²) < 4.78 is 33.8. The molecular weight excluding hydrogens is 414 g/mol. The van der Waals surface area contributed by atoms with Crippen molar-refractivity contribution < 1.29 is 23.1 Å². The quantitative estimate of drug-likeness (QED) is 0.738. The molecule has 2 heterocycles. The lowest BCUT2D eigenvalue weighted by Crippen LogP contribution is -2.49. The van der Waals surface area contributed by atoms with Gasteiger partial charge < -0.3 is 14.5 Å². The molecule has 0 bridgehead atoms. The zero-order valence-corrected chi connectivity index (χ0v) is 17.2. The third kappa shape index (κ3) is 3.86. The molecule has 0 N–H and O–H groups in total. The molecule has 5 nitrogen and oxygen atoms in total. The zero-order chi connectivity index (χ0) is 21.5. The number of amides is 2. The van der Waals surface area contributed by atoms with Crippen molar-refractivity contribution in [2.24, 2.45) is 0 Å². The first-order valence-electron chi connectivity index (χ1n) is 9.67. The summed E-state index contributed by atoms with van der Waals surface area (Å²) in [6.45, 7) is -0.0218. The Morgan fingerprint density at radius 3 is 2.63 bits per heavy atom. The van der Waals surface area contributed by atoms with Crippen LogP contribution in [0, 0.1) is 0 Å². The van der Waals surface area contributed by atoms with E-state index in [1.807, 2.05) is 24.3 Å². The van der Waals surface area contributed by atoms with Crippen molar-refractivity contribution in [1.82, 2.24) is 9.80 Å². The van der Waals surface area contributed by atoms with Gasteiger partial charge in [0.15, 0.2) is 0 Å². The molecule has 2 aliphatic rings. The van der Waals surface area contributed by atoms with Crippen LogP contribution >= 0.6 is 11.6 Å². The monoisotopic (exact) mass is 434 g/mol. The lowest BCUT2D eigenvalue weighted by atomic mass is 9.99. The Kier molecular flexibility index (Phi) is 5.40. The van der Waals surface area contributed by atoms with Gasteiger partial charge in [0.2, 0.25) is 5.91 Å². The first kappa shape index (κ1) is 20.6. The number of carbonyl (C=O) groups excluding carboxylic acids is 2. The second kappa shape index (κ2) is 7.87. The highest BCUT2D eigenvalue weighted by Gasteiger charge is 2.51. The number of fused-ring (bicyclic) bond motifs is 1. The highest BCUT2D eigenvalue weighted by molar-refractivity contribution is 6.30. The van der Waals surface area contributed by atoms with Crippen LogP contribution in [-0.2, 0) is 17.8 Å². The molecule has 0 aliphatic carbocycles. The lowest BCUT2D eigenvalue weighted by Gasteiger charge is -2.33. The van der Waals surface area contributed by atoms with Gasteiger partial charge in [-0.15, -0.1) is 0 Å². The minimum Gasteiger partial charge on any atom is -0.496 e. The average Bonchev–Trinajstić information content (AvgIpc) is 3.07. The molecule has 158 valence electrons. The first-order chi connectivity index (χ1) is 14.3. The zero-order valence-electron chi connectivity index (χ0n) is 16.4. The van der Waals surface area contributed by atoms with Crippen molar-refractivity contribution in [2.45, 2.75) is 31.4 Å². The Bertz CT molecular complexity index is 998. The Morgan fingerprint density at radius 1 is 1.17 bits per heavy atom. The summed E-state index contributed by atoms with van der Waals surface area (Å²) in [5.74, 6) is -4.08. The van der Waals surface area contributed by atoms with E-state index in [0.29, 0.717) is 24.5 Å². The number of carbonyl (C=O) groups is 2. The summed E-state index contributed by atoms with van der Waals surface area (Å²) in [6, 6.07) is 10.9. The largest absolute Gasteiger partial charge is 0.496 e. The van der Waals surface area contributed by atoms with Gasteiger partial charge in [-0.25, -0.2) is 8.78 Å². The highest BCUT2D eigenvalue weighted by Crippen LogP contribution is 2.36. The van der Waals surface area contributed by atoms with Gasteiger partial charge in [-0.3, -0.25) is 9.59 Å². The molecule has 1 atom stereocenters. The number of rotatable bonds is 3. The maximum Gasteiger partial charge on any atom is 0.267 e. The third-order valence-corrected chi connectivity index (χ3v) is 5.89. The van der Waals surface area contributed by atoms with E-state index in [0.717, 1.165) is 16.0 Å². The summed E-state index contributed by atoms with van der Waals surface area (Å²) in [4.78, 5) is 28.8. The van der Waals surface area contributed by atoms with E-state index in [1.54, 1.807) is 4.90 Å². The Hall–Kier alpha value is -2.67. The highest BCUT2D eigenvalue weighted by atomic mass is 35.5. The second-order valence-electron chi connectivity index (χ2n) is 7.63. The van der Waals surface area contributed by atoms with E-state index in [2.05, 4.69) is 0 Å². The molecule has 1 saturated heterocycles. The molecule has 2 aliphatic heterocycles. The molecule has 2 aromatic rings. The van der Waals surface area contributed by atoms with Crippen LogP contribution in [0.2, 0.25) is 5.02 Å². The van der Waals surface area contributed by atoms with E-state index in [-0.39, 0.29) is 11.3 Å². The average molecular weight is 435 g/mol. The number of hydrogen-bond acceptors (Lipinski definition) is 3. The molecule has 0 radical (unpaired) electrons. The summed E-state index contributed by atoms with van der Waals surface area (Å²) in [5.41, 5.74) is 2.25. The molecule has 2 aromatic carbocycles. The molecule has 4 rings (SSSR count). The third-order valence-electron chi connectivity index (χ3n) is 5.65. The van der Waals surface area contributed by atoms with Crippen molar-refractivity contribution in [3.05, 3.63) is 64.2 Å². The fourth-order valence-corrected chi connectivity index (χ4v) is 4.30. The Labute approximate surface area is 178 Å². The number of hydrogen-bond donors (Lipinski definition) is 0.